The Morgan fingerprint density at radius 1 is 1.41 bits per heavy atom. The number of nitrogens with one attached hydrogen (secondary N) is 1. The van der Waals surface area contributed by atoms with Gasteiger partial charge < -0.3 is 10.1 Å². The molecule has 0 fully saturated rings. The molecule has 0 radical (unpaired) electrons. The van der Waals surface area contributed by atoms with Crippen LogP contribution in [0.2, 0.25) is 0 Å². The fourth-order valence-corrected chi connectivity index (χ4v) is 0.822. The zero-order chi connectivity index (χ0) is 13.7. The van der Waals surface area contributed by atoms with E-state index in [1.807, 2.05) is 6.92 Å². The standard InChI is InChI=1S/C9H13NO.C4H8O2/c1-4-6-7-8(5-2)9(11)10-3;1-3-6-4(2)5/h4-7H,1H2,2-3H3,(H,10,11);3H2,1-2H3/b7-6-,8-5+;. The Labute approximate surface area is 103 Å². The van der Waals surface area contributed by atoms with Crippen molar-refractivity contribution in [3.63, 3.8) is 0 Å². The lowest BCUT2D eigenvalue weighted by atomic mass is 10.2. The first-order valence-electron chi connectivity index (χ1n) is 5.34. The summed E-state index contributed by atoms with van der Waals surface area (Å²) < 4.78 is 4.40. The van der Waals surface area contributed by atoms with Crippen LogP contribution in [0.5, 0.6) is 0 Å². The SMILES string of the molecule is C=C/C=C\C(=C/C)C(=O)NC.CCOC(C)=O. The van der Waals surface area contributed by atoms with Crippen molar-refractivity contribution in [2.75, 3.05) is 13.7 Å². The second-order valence-electron chi connectivity index (χ2n) is 2.84. The number of hydrogen-bond acceptors (Lipinski definition) is 3. The lowest BCUT2D eigenvalue weighted by Crippen LogP contribution is -2.18. The van der Waals surface area contributed by atoms with E-state index in [0.29, 0.717) is 12.2 Å². The normalized spacial score (nSPS) is 10.2. The quantitative estimate of drug-likeness (QED) is 0.464. The summed E-state index contributed by atoms with van der Waals surface area (Å²) in [5, 5.41) is 2.53. The van der Waals surface area contributed by atoms with Crippen molar-refractivity contribution in [2.24, 2.45) is 0 Å². The molecule has 96 valence electrons. The van der Waals surface area contributed by atoms with E-state index in [4.69, 9.17) is 0 Å². The van der Waals surface area contributed by atoms with Crippen LogP contribution in [0.25, 0.3) is 0 Å². The molecule has 0 spiro atoms. The molecule has 0 bridgehead atoms. The molecule has 0 saturated heterocycles. The van der Waals surface area contributed by atoms with Crippen LogP contribution in [0, 0.1) is 0 Å². The van der Waals surface area contributed by atoms with Crippen molar-refractivity contribution in [1.82, 2.24) is 5.32 Å². The van der Waals surface area contributed by atoms with E-state index in [1.54, 1.807) is 38.3 Å². The summed E-state index contributed by atoms with van der Waals surface area (Å²) in [4.78, 5) is 20.8. The van der Waals surface area contributed by atoms with E-state index in [2.05, 4.69) is 16.6 Å². The van der Waals surface area contributed by atoms with Gasteiger partial charge in [0.1, 0.15) is 0 Å². The van der Waals surface area contributed by atoms with Crippen LogP contribution in [0.1, 0.15) is 20.8 Å². The summed E-state index contributed by atoms with van der Waals surface area (Å²) in [5.41, 5.74) is 0.646. The summed E-state index contributed by atoms with van der Waals surface area (Å²) in [6, 6.07) is 0. The first kappa shape index (κ1) is 17.6. The Morgan fingerprint density at radius 3 is 2.24 bits per heavy atom. The molecule has 17 heavy (non-hydrogen) atoms. The fourth-order valence-electron chi connectivity index (χ4n) is 0.822. The molecule has 0 unspecified atom stereocenters. The highest BCUT2D eigenvalue weighted by atomic mass is 16.5. The third kappa shape index (κ3) is 12.1. The second kappa shape index (κ2) is 12.2. The number of esters is 1. The largest absolute Gasteiger partial charge is 0.466 e. The van der Waals surface area contributed by atoms with E-state index >= 15 is 0 Å². The first-order valence-corrected chi connectivity index (χ1v) is 5.34. The van der Waals surface area contributed by atoms with Gasteiger partial charge in [0.25, 0.3) is 5.91 Å². The molecule has 0 atom stereocenters. The van der Waals surface area contributed by atoms with Gasteiger partial charge in [-0.3, -0.25) is 9.59 Å². The lowest BCUT2D eigenvalue weighted by Gasteiger charge is -1.97. The maximum absolute atomic E-state index is 11.0. The molecular weight excluding hydrogens is 218 g/mol. The topological polar surface area (TPSA) is 55.4 Å². The maximum Gasteiger partial charge on any atom is 0.302 e. The van der Waals surface area contributed by atoms with Gasteiger partial charge in [0.2, 0.25) is 0 Å². The average Bonchev–Trinajstić information content (AvgIpc) is 2.30. The zero-order valence-electron chi connectivity index (χ0n) is 10.9. The van der Waals surface area contributed by atoms with Gasteiger partial charge in [-0.05, 0) is 19.9 Å². The van der Waals surface area contributed by atoms with Gasteiger partial charge in [-0.1, -0.05) is 24.8 Å². The van der Waals surface area contributed by atoms with Crippen LogP contribution >= 0.6 is 0 Å². The number of hydrogen-bond donors (Lipinski definition) is 1. The highest BCUT2D eigenvalue weighted by Crippen LogP contribution is 1.95. The van der Waals surface area contributed by atoms with Crippen molar-refractivity contribution in [3.8, 4) is 0 Å². The minimum absolute atomic E-state index is 0.0781. The van der Waals surface area contributed by atoms with Gasteiger partial charge in [0.15, 0.2) is 0 Å². The number of carbonyl (C=O) groups excluding carboxylic acids is 2. The monoisotopic (exact) mass is 239 g/mol. The predicted octanol–water partition coefficient (Wildman–Crippen LogP) is 1.99. The van der Waals surface area contributed by atoms with Gasteiger partial charge >= 0.3 is 5.97 Å². The molecule has 0 aromatic heterocycles. The molecule has 0 aliphatic rings. The molecule has 0 saturated carbocycles. The Kier molecular flexibility index (Phi) is 12.6. The molecule has 0 rings (SSSR count). The average molecular weight is 239 g/mol. The lowest BCUT2D eigenvalue weighted by molar-refractivity contribution is -0.140. The number of rotatable bonds is 4. The number of allylic oxidation sites excluding steroid dienone is 3. The number of ether oxygens (including phenoxy) is 1. The van der Waals surface area contributed by atoms with Crippen LogP contribution in [-0.4, -0.2) is 25.5 Å². The summed E-state index contributed by atoms with van der Waals surface area (Å²) >= 11 is 0. The first-order chi connectivity index (χ1) is 8.03. The molecule has 0 aromatic rings. The van der Waals surface area contributed by atoms with Crippen molar-refractivity contribution >= 4 is 11.9 Å². The third-order valence-corrected chi connectivity index (χ3v) is 1.56. The molecule has 1 amide bonds. The Balaban J connectivity index is 0. The van der Waals surface area contributed by atoms with E-state index in [1.165, 1.54) is 6.92 Å². The second-order valence-corrected chi connectivity index (χ2v) is 2.84. The van der Waals surface area contributed by atoms with E-state index in [9.17, 15) is 9.59 Å². The van der Waals surface area contributed by atoms with Crippen LogP contribution in [0.3, 0.4) is 0 Å². The van der Waals surface area contributed by atoms with Crippen molar-refractivity contribution in [1.29, 1.82) is 0 Å². The van der Waals surface area contributed by atoms with Crippen LogP contribution < -0.4 is 5.32 Å². The Hall–Kier alpha value is -1.84. The molecule has 1 N–H and O–H groups in total. The van der Waals surface area contributed by atoms with E-state index < -0.39 is 0 Å². The van der Waals surface area contributed by atoms with Gasteiger partial charge in [-0.15, -0.1) is 0 Å². The predicted molar refractivity (Wildman–Crippen MR) is 69.5 cm³/mol. The highest BCUT2D eigenvalue weighted by Gasteiger charge is 1.99. The summed E-state index contributed by atoms with van der Waals surface area (Å²) in [7, 11) is 1.60. The van der Waals surface area contributed by atoms with Gasteiger partial charge in [-0.2, -0.15) is 0 Å². The van der Waals surface area contributed by atoms with Gasteiger partial charge in [-0.25, -0.2) is 0 Å². The van der Waals surface area contributed by atoms with Crippen molar-refractivity contribution < 1.29 is 14.3 Å². The minimum atomic E-state index is -0.211. The van der Waals surface area contributed by atoms with E-state index in [0.717, 1.165) is 0 Å². The molecule has 0 aromatic carbocycles. The maximum atomic E-state index is 11.0. The smallest absolute Gasteiger partial charge is 0.302 e. The number of likely N-dealkylation sites (N-methyl/N-ethyl adjacent to an activating group) is 1. The Morgan fingerprint density at radius 2 is 2.00 bits per heavy atom. The summed E-state index contributed by atoms with van der Waals surface area (Å²) in [5.74, 6) is -0.289. The highest BCUT2D eigenvalue weighted by molar-refractivity contribution is 5.95. The third-order valence-electron chi connectivity index (χ3n) is 1.56. The van der Waals surface area contributed by atoms with Gasteiger partial charge in [0.05, 0.1) is 6.61 Å². The van der Waals surface area contributed by atoms with E-state index in [-0.39, 0.29) is 11.9 Å². The minimum Gasteiger partial charge on any atom is -0.466 e. The van der Waals surface area contributed by atoms with Crippen LogP contribution in [0.15, 0.2) is 36.5 Å². The molecular formula is C13H21NO3. The molecule has 0 aliphatic carbocycles. The molecule has 0 heterocycles. The number of carbonyl (C=O) groups is 2. The summed E-state index contributed by atoms with van der Waals surface area (Å²) in [6.07, 6.45) is 6.82. The van der Waals surface area contributed by atoms with Gasteiger partial charge in [0, 0.05) is 19.5 Å². The zero-order valence-corrected chi connectivity index (χ0v) is 10.9. The van der Waals surface area contributed by atoms with Crippen molar-refractivity contribution in [3.05, 3.63) is 36.5 Å². The Bertz CT molecular complexity index is 304. The fraction of sp³-hybridized carbons (Fsp3) is 0.385. The van der Waals surface area contributed by atoms with Crippen LogP contribution in [-0.2, 0) is 14.3 Å². The van der Waals surface area contributed by atoms with Crippen molar-refractivity contribution in [2.45, 2.75) is 20.8 Å². The molecule has 4 nitrogen and oxygen atoms in total. The summed E-state index contributed by atoms with van der Waals surface area (Å²) in [6.45, 7) is 8.98. The molecule has 4 heteroatoms. The number of amides is 1. The van der Waals surface area contributed by atoms with Crippen LogP contribution in [0.4, 0.5) is 0 Å². The molecule has 0 aliphatic heterocycles.